The highest BCUT2D eigenvalue weighted by Gasteiger charge is 2.19. The Kier molecular flexibility index (Phi) is 15.6. The Bertz CT molecular complexity index is 507. The van der Waals surface area contributed by atoms with Crippen molar-refractivity contribution in [3.8, 4) is 0 Å². The molecule has 0 aliphatic rings. The number of rotatable bonds is 17. The van der Waals surface area contributed by atoms with Gasteiger partial charge in [-0.25, -0.2) is 9.59 Å². The molecule has 0 unspecified atom stereocenters. The van der Waals surface area contributed by atoms with E-state index in [1.165, 1.54) is 52.4 Å². The van der Waals surface area contributed by atoms with Crippen LogP contribution in [0.2, 0.25) is 0 Å². The van der Waals surface area contributed by atoms with E-state index in [4.69, 9.17) is 14.2 Å². The van der Waals surface area contributed by atoms with Crippen molar-refractivity contribution < 1.29 is 28.6 Å². The smallest absolute Gasteiger partial charge is 0.333 e. The fraction of sp³-hybridized carbons (Fsp3) is 0.696. The van der Waals surface area contributed by atoms with Crippen LogP contribution in [0.4, 0.5) is 0 Å². The highest BCUT2D eigenvalue weighted by Crippen LogP contribution is 2.11. The standard InChI is InChI=1S/C23H38O6/c1-6-7-8-9-10-11-12-13-14-15-21(24)29-20(16-27-22(25)18(2)3)17-28-23(26)19(4)5/h20H,2,4,6-17H2,1,3,5H3. The molecule has 0 rings (SSSR count). The highest BCUT2D eigenvalue weighted by molar-refractivity contribution is 5.87. The van der Waals surface area contributed by atoms with Crippen molar-refractivity contribution in [2.24, 2.45) is 0 Å². The van der Waals surface area contributed by atoms with Gasteiger partial charge in [0.15, 0.2) is 6.10 Å². The van der Waals surface area contributed by atoms with Crippen LogP contribution < -0.4 is 0 Å². The molecule has 6 nitrogen and oxygen atoms in total. The van der Waals surface area contributed by atoms with Crippen LogP contribution in [-0.4, -0.2) is 37.2 Å². The maximum Gasteiger partial charge on any atom is 0.333 e. The lowest BCUT2D eigenvalue weighted by molar-refractivity contribution is -0.164. The van der Waals surface area contributed by atoms with Crippen LogP contribution in [0.25, 0.3) is 0 Å². The lowest BCUT2D eigenvalue weighted by Crippen LogP contribution is -2.31. The number of carbonyl (C=O) groups excluding carboxylic acids is 3. The van der Waals surface area contributed by atoms with Gasteiger partial charge in [0.1, 0.15) is 13.2 Å². The molecule has 0 heterocycles. The quantitative estimate of drug-likeness (QED) is 0.144. The molecule has 0 saturated carbocycles. The van der Waals surface area contributed by atoms with E-state index in [0.29, 0.717) is 0 Å². The molecular weight excluding hydrogens is 372 g/mol. The van der Waals surface area contributed by atoms with E-state index >= 15 is 0 Å². The van der Waals surface area contributed by atoms with Crippen LogP contribution >= 0.6 is 0 Å². The van der Waals surface area contributed by atoms with Crippen LogP contribution in [0, 0.1) is 0 Å². The molecule has 0 N–H and O–H groups in total. The minimum atomic E-state index is -0.854. The maximum atomic E-state index is 12.1. The van der Waals surface area contributed by atoms with Gasteiger partial charge in [-0.3, -0.25) is 4.79 Å². The lowest BCUT2D eigenvalue weighted by atomic mass is 10.1. The summed E-state index contributed by atoms with van der Waals surface area (Å²) in [6.45, 7) is 11.9. The number of esters is 3. The Morgan fingerprint density at radius 1 is 0.724 bits per heavy atom. The van der Waals surface area contributed by atoms with E-state index in [-0.39, 0.29) is 30.8 Å². The zero-order chi connectivity index (χ0) is 22.1. The summed E-state index contributed by atoms with van der Waals surface area (Å²) in [5, 5.41) is 0. The number of unbranched alkanes of at least 4 members (excludes halogenated alkanes) is 8. The zero-order valence-corrected chi connectivity index (χ0v) is 18.4. The van der Waals surface area contributed by atoms with Crippen LogP contribution in [0.1, 0.15) is 85.0 Å². The van der Waals surface area contributed by atoms with Gasteiger partial charge >= 0.3 is 17.9 Å². The zero-order valence-electron chi connectivity index (χ0n) is 18.4. The molecule has 0 aromatic heterocycles. The first-order valence-electron chi connectivity index (χ1n) is 10.6. The summed E-state index contributed by atoms with van der Waals surface area (Å²) >= 11 is 0. The van der Waals surface area contributed by atoms with Crippen molar-refractivity contribution in [1.82, 2.24) is 0 Å². The molecule has 0 aromatic carbocycles. The summed E-state index contributed by atoms with van der Waals surface area (Å²) in [5.41, 5.74) is 0.479. The van der Waals surface area contributed by atoms with Crippen molar-refractivity contribution in [2.45, 2.75) is 91.1 Å². The lowest BCUT2D eigenvalue weighted by Gasteiger charge is -2.18. The molecule has 0 saturated heterocycles. The third kappa shape index (κ3) is 15.5. The Morgan fingerprint density at radius 2 is 1.14 bits per heavy atom. The normalized spacial score (nSPS) is 10.5. The molecule has 166 valence electrons. The van der Waals surface area contributed by atoms with Crippen molar-refractivity contribution in [3.63, 3.8) is 0 Å². The summed E-state index contributed by atoms with van der Waals surface area (Å²) in [5.74, 6) is -1.57. The summed E-state index contributed by atoms with van der Waals surface area (Å²) < 4.78 is 15.4. The SMILES string of the molecule is C=C(C)C(=O)OCC(COC(=O)C(=C)C)OC(=O)CCCCCCCCCCC. The summed E-state index contributed by atoms with van der Waals surface area (Å²) in [6, 6.07) is 0. The molecular formula is C23H38O6. The molecule has 0 aliphatic heterocycles. The predicted octanol–water partition coefficient (Wildman–Crippen LogP) is 5.06. The summed E-state index contributed by atoms with van der Waals surface area (Å²) in [7, 11) is 0. The molecule has 0 amide bonds. The number of ether oxygens (including phenoxy) is 3. The first kappa shape index (κ1) is 26.9. The summed E-state index contributed by atoms with van der Waals surface area (Å²) in [6.07, 6.45) is 9.83. The average molecular weight is 411 g/mol. The molecule has 6 heteroatoms. The fourth-order valence-corrected chi connectivity index (χ4v) is 2.52. The Morgan fingerprint density at radius 3 is 1.55 bits per heavy atom. The minimum Gasteiger partial charge on any atom is -0.458 e. The van der Waals surface area contributed by atoms with Crippen molar-refractivity contribution >= 4 is 17.9 Å². The second kappa shape index (κ2) is 16.8. The molecule has 0 aliphatic carbocycles. The van der Waals surface area contributed by atoms with Gasteiger partial charge in [-0.2, -0.15) is 0 Å². The third-order valence-corrected chi connectivity index (χ3v) is 4.28. The average Bonchev–Trinajstić information content (AvgIpc) is 2.67. The van der Waals surface area contributed by atoms with Gasteiger partial charge in [0.25, 0.3) is 0 Å². The maximum absolute atomic E-state index is 12.1. The van der Waals surface area contributed by atoms with Crippen molar-refractivity contribution in [1.29, 1.82) is 0 Å². The Hall–Kier alpha value is -2.11. The number of carbonyl (C=O) groups is 3. The summed E-state index contributed by atoms with van der Waals surface area (Å²) in [4.78, 5) is 35.2. The Balaban J connectivity index is 4.19. The van der Waals surface area contributed by atoms with Gasteiger partial charge in [0.05, 0.1) is 0 Å². The van der Waals surface area contributed by atoms with Crippen molar-refractivity contribution in [2.75, 3.05) is 13.2 Å². The predicted molar refractivity (Wildman–Crippen MR) is 113 cm³/mol. The van der Waals surface area contributed by atoms with Gasteiger partial charge in [-0.05, 0) is 20.3 Å². The topological polar surface area (TPSA) is 78.9 Å². The van der Waals surface area contributed by atoms with E-state index in [1.807, 2.05) is 0 Å². The fourth-order valence-electron chi connectivity index (χ4n) is 2.52. The molecule has 0 bridgehead atoms. The second-order valence-corrected chi connectivity index (χ2v) is 7.45. The highest BCUT2D eigenvalue weighted by atomic mass is 16.6. The molecule has 0 fully saturated rings. The van der Waals surface area contributed by atoms with E-state index in [1.54, 1.807) is 0 Å². The van der Waals surface area contributed by atoms with Crippen LogP contribution in [0.5, 0.6) is 0 Å². The van der Waals surface area contributed by atoms with E-state index in [9.17, 15) is 14.4 Å². The molecule has 29 heavy (non-hydrogen) atoms. The number of hydrogen-bond donors (Lipinski definition) is 0. The second-order valence-electron chi connectivity index (χ2n) is 7.45. The van der Waals surface area contributed by atoms with Crippen LogP contribution in [-0.2, 0) is 28.6 Å². The molecule has 0 aromatic rings. The number of hydrogen-bond acceptors (Lipinski definition) is 6. The van der Waals surface area contributed by atoms with E-state index in [0.717, 1.165) is 19.3 Å². The van der Waals surface area contributed by atoms with Crippen LogP contribution in [0.15, 0.2) is 24.3 Å². The van der Waals surface area contributed by atoms with E-state index < -0.39 is 24.0 Å². The molecule has 0 radical (unpaired) electrons. The van der Waals surface area contributed by atoms with Gasteiger partial charge in [-0.1, -0.05) is 71.4 Å². The van der Waals surface area contributed by atoms with Crippen molar-refractivity contribution in [3.05, 3.63) is 24.3 Å². The van der Waals surface area contributed by atoms with Crippen LogP contribution in [0.3, 0.4) is 0 Å². The monoisotopic (exact) mass is 410 g/mol. The first-order chi connectivity index (χ1) is 13.8. The van der Waals surface area contributed by atoms with Gasteiger partial charge in [-0.15, -0.1) is 0 Å². The van der Waals surface area contributed by atoms with E-state index in [2.05, 4.69) is 20.1 Å². The van der Waals surface area contributed by atoms with Gasteiger partial charge in [0, 0.05) is 17.6 Å². The third-order valence-electron chi connectivity index (χ3n) is 4.28. The van der Waals surface area contributed by atoms with Gasteiger partial charge < -0.3 is 14.2 Å². The largest absolute Gasteiger partial charge is 0.458 e. The first-order valence-corrected chi connectivity index (χ1v) is 10.6. The Labute approximate surface area is 175 Å². The minimum absolute atomic E-state index is 0.196. The van der Waals surface area contributed by atoms with Gasteiger partial charge in [0.2, 0.25) is 0 Å². The molecule has 0 spiro atoms. The molecule has 0 atom stereocenters.